The number of hydrogen-bond donors (Lipinski definition) is 2. The summed E-state index contributed by atoms with van der Waals surface area (Å²) in [5.41, 5.74) is 1.96. The van der Waals surface area contributed by atoms with Gasteiger partial charge in [0.2, 0.25) is 0 Å². The van der Waals surface area contributed by atoms with Crippen LogP contribution in [0.1, 0.15) is 24.2 Å². The van der Waals surface area contributed by atoms with Crippen molar-refractivity contribution in [3.8, 4) is 0 Å². The van der Waals surface area contributed by atoms with E-state index in [0.29, 0.717) is 13.1 Å². The summed E-state index contributed by atoms with van der Waals surface area (Å²) in [7, 11) is 0. The molecule has 4 nitrogen and oxygen atoms in total. The van der Waals surface area contributed by atoms with Crippen LogP contribution < -0.4 is 4.90 Å². The molecule has 0 amide bonds. The van der Waals surface area contributed by atoms with E-state index in [2.05, 4.69) is 17.1 Å². The first-order valence-electron chi connectivity index (χ1n) is 6.74. The maximum atomic E-state index is 9.50. The van der Waals surface area contributed by atoms with Gasteiger partial charge in [-0.25, -0.2) is 4.98 Å². The van der Waals surface area contributed by atoms with Crippen molar-refractivity contribution < 1.29 is 10.2 Å². The van der Waals surface area contributed by atoms with Crippen molar-refractivity contribution >= 4 is 5.82 Å². The van der Waals surface area contributed by atoms with Gasteiger partial charge in [-0.05, 0) is 24.1 Å². The Morgan fingerprint density at radius 3 is 2.45 bits per heavy atom. The molecular formula is C16H20N2O2. The Kier molecular flexibility index (Phi) is 5.09. The molecule has 2 rings (SSSR count). The fraction of sp³-hybridized carbons (Fsp3) is 0.312. The van der Waals surface area contributed by atoms with Crippen LogP contribution in [0.5, 0.6) is 0 Å². The molecule has 1 unspecified atom stereocenters. The molecule has 0 aliphatic rings. The third-order valence-corrected chi connectivity index (χ3v) is 3.16. The van der Waals surface area contributed by atoms with Gasteiger partial charge < -0.3 is 15.1 Å². The Balaban J connectivity index is 2.15. The van der Waals surface area contributed by atoms with Crippen molar-refractivity contribution in [2.75, 3.05) is 18.1 Å². The Hall–Kier alpha value is -1.91. The van der Waals surface area contributed by atoms with Crippen LogP contribution in [0, 0.1) is 0 Å². The lowest BCUT2D eigenvalue weighted by Gasteiger charge is -2.23. The molecule has 0 aliphatic carbocycles. The maximum Gasteiger partial charge on any atom is 0.128 e. The third kappa shape index (κ3) is 3.79. The highest BCUT2D eigenvalue weighted by Gasteiger charge is 2.09. The normalized spacial score (nSPS) is 12.2. The van der Waals surface area contributed by atoms with E-state index in [0.717, 1.165) is 11.4 Å². The van der Waals surface area contributed by atoms with Gasteiger partial charge in [0.1, 0.15) is 5.82 Å². The van der Waals surface area contributed by atoms with Gasteiger partial charge in [-0.2, -0.15) is 0 Å². The van der Waals surface area contributed by atoms with Crippen molar-refractivity contribution in [3.05, 3.63) is 59.8 Å². The summed E-state index contributed by atoms with van der Waals surface area (Å²) >= 11 is 0. The molecule has 0 aliphatic heterocycles. The molecule has 4 heteroatoms. The number of anilines is 1. The lowest BCUT2D eigenvalue weighted by Crippen LogP contribution is -2.27. The molecule has 1 aromatic carbocycles. The second-order valence-corrected chi connectivity index (χ2v) is 4.76. The largest absolute Gasteiger partial charge is 0.395 e. The summed E-state index contributed by atoms with van der Waals surface area (Å²) in [6.45, 7) is 3.01. The first-order valence-corrected chi connectivity index (χ1v) is 6.74. The zero-order chi connectivity index (χ0) is 14.4. The highest BCUT2D eigenvalue weighted by atomic mass is 16.3. The first kappa shape index (κ1) is 14.5. The van der Waals surface area contributed by atoms with E-state index in [1.165, 1.54) is 5.56 Å². The Labute approximate surface area is 119 Å². The summed E-state index contributed by atoms with van der Waals surface area (Å²) in [6.07, 6.45) is 1.16. The van der Waals surface area contributed by atoms with Crippen LogP contribution in [-0.4, -0.2) is 28.3 Å². The molecular weight excluding hydrogens is 252 g/mol. The summed E-state index contributed by atoms with van der Waals surface area (Å²) < 4.78 is 0. The standard InChI is InChI=1S/C16H20N2O2/c1-13(20)15-7-8-16(17-11-15)18(9-10-19)12-14-5-3-2-4-6-14/h2-8,11,13,19-20H,9-10,12H2,1H3. The number of aromatic nitrogens is 1. The van der Waals surface area contributed by atoms with E-state index in [1.54, 1.807) is 13.1 Å². The molecule has 1 aromatic heterocycles. The van der Waals surface area contributed by atoms with E-state index in [4.69, 9.17) is 0 Å². The molecule has 1 heterocycles. The van der Waals surface area contributed by atoms with Gasteiger partial charge in [0.25, 0.3) is 0 Å². The average molecular weight is 272 g/mol. The van der Waals surface area contributed by atoms with Crippen molar-refractivity contribution in [2.45, 2.75) is 19.6 Å². The number of nitrogens with zero attached hydrogens (tertiary/aromatic N) is 2. The molecule has 106 valence electrons. The van der Waals surface area contributed by atoms with E-state index in [1.807, 2.05) is 35.2 Å². The predicted molar refractivity (Wildman–Crippen MR) is 79.4 cm³/mol. The van der Waals surface area contributed by atoms with Crippen molar-refractivity contribution in [2.24, 2.45) is 0 Å². The SMILES string of the molecule is CC(O)c1ccc(N(CCO)Cc2ccccc2)nc1. The van der Waals surface area contributed by atoms with Crippen LogP contribution >= 0.6 is 0 Å². The van der Waals surface area contributed by atoms with Gasteiger partial charge in [0.15, 0.2) is 0 Å². The Bertz CT molecular complexity index is 512. The zero-order valence-corrected chi connectivity index (χ0v) is 11.6. The van der Waals surface area contributed by atoms with Crippen LogP contribution in [0.15, 0.2) is 48.7 Å². The van der Waals surface area contributed by atoms with Gasteiger partial charge in [-0.3, -0.25) is 0 Å². The van der Waals surface area contributed by atoms with E-state index in [9.17, 15) is 10.2 Å². The second kappa shape index (κ2) is 7.03. The number of benzene rings is 1. The van der Waals surface area contributed by atoms with Crippen molar-refractivity contribution in [3.63, 3.8) is 0 Å². The van der Waals surface area contributed by atoms with E-state index < -0.39 is 6.10 Å². The predicted octanol–water partition coefficient (Wildman–Crippen LogP) is 2.13. The number of hydrogen-bond acceptors (Lipinski definition) is 4. The van der Waals surface area contributed by atoms with Gasteiger partial charge in [0, 0.05) is 19.3 Å². The number of pyridine rings is 1. The molecule has 0 bridgehead atoms. The topological polar surface area (TPSA) is 56.6 Å². The van der Waals surface area contributed by atoms with Gasteiger partial charge in [-0.15, -0.1) is 0 Å². The van der Waals surface area contributed by atoms with Crippen LogP contribution in [0.25, 0.3) is 0 Å². The first-order chi connectivity index (χ1) is 9.70. The monoisotopic (exact) mass is 272 g/mol. The fourth-order valence-corrected chi connectivity index (χ4v) is 2.03. The molecule has 0 saturated carbocycles. The highest BCUT2D eigenvalue weighted by molar-refractivity contribution is 5.40. The Morgan fingerprint density at radius 2 is 1.90 bits per heavy atom. The quantitative estimate of drug-likeness (QED) is 0.846. The second-order valence-electron chi connectivity index (χ2n) is 4.76. The molecule has 1 atom stereocenters. The van der Waals surface area contributed by atoms with Crippen LogP contribution in [0.2, 0.25) is 0 Å². The van der Waals surface area contributed by atoms with Gasteiger partial charge in [-0.1, -0.05) is 36.4 Å². The fourth-order valence-electron chi connectivity index (χ4n) is 2.03. The highest BCUT2D eigenvalue weighted by Crippen LogP contribution is 2.17. The zero-order valence-electron chi connectivity index (χ0n) is 11.6. The van der Waals surface area contributed by atoms with E-state index >= 15 is 0 Å². The summed E-state index contributed by atoms with van der Waals surface area (Å²) in [6, 6.07) is 13.8. The summed E-state index contributed by atoms with van der Waals surface area (Å²) in [5.74, 6) is 0.798. The number of aliphatic hydroxyl groups is 2. The van der Waals surface area contributed by atoms with Gasteiger partial charge >= 0.3 is 0 Å². The minimum atomic E-state index is -0.517. The van der Waals surface area contributed by atoms with Crippen LogP contribution in [-0.2, 0) is 6.54 Å². The van der Waals surface area contributed by atoms with Crippen LogP contribution in [0.3, 0.4) is 0 Å². The Morgan fingerprint density at radius 1 is 1.15 bits per heavy atom. The number of rotatable bonds is 6. The van der Waals surface area contributed by atoms with E-state index in [-0.39, 0.29) is 6.61 Å². The lowest BCUT2D eigenvalue weighted by molar-refractivity contribution is 0.199. The number of aliphatic hydroxyl groups excluding tert-OH is 2. The maximum absolute atomic E-state index is 9.50. The van der Waals surface area contributed by atoms with Gasteiger partial charge in [0.05, 0.1) is 12.7 Å². The van der Waals surface area contributed by atoms with Crippen molar-refractivity contribution in [1.29, 1.82) is 0 Å². The molecule has 2 N–H and O–H groups in total. The summed E-state index contributed by atoms with van der Waals surface area (Å²) in [5, 5.41) is 18.7. The molecule has 0 fully saturated rings. The summed E-state index contributed by atoms with van der Waals surface area (Å²) in [4.78, 5) is 6.38. The minimum absolute atomic E-state index is 0.0761. The molecule has 0 saturated heterocycles. The smallest absolute Gasteiger partial charge is 0.128 e. The van der Waals surface area contributed by atoms with Crippen LogP contribution in [0.4, 0.5) is 5.82 Å². The third-order valence-electron chi connectivity index (χ3n) is 3.16. The minimum Gasteiger partial charge on any atom is -0.395 e. The molecule has 0 radical (unpaired) electrons. The average Bonchev–Trinajstić information content (AvgIpc) is 2.48. The molecule has 0 spiro atoms. The van der Waals surface area contributed by atoms with Crippen molar-refractivity contribution in [1.82, 2.24) is 4.98 Å². The lowest BCUT2D eigenvalue weighted by atomic mass is 10.2. The molecule has 20 heavy (non-hydrogen) atoms. The molecule has 2 aromatic rings.